The van der Waals surface area contributed by atoms with Crippen molar-refractivity contribution in [2.75, 3.05) is 13.2 Å². The summed E-state index contributed by atoms with van der Waals surface area (Å²) in [5.74, 6) is 0.432. The predicted octanol–water partition coefficient (Wildman–Crippen LogP) is 3.32. The summed E-state index contributed by atoms with van der Waals surface area (Å²) >= 11 is 0. The van der Waals surface area contributed by atoms with Crippen LogP contribution >= 0.6 is 0 Å². The number of nitrogens with one attached hydrogen (secondary N) is 1. The number of nitrogens with zero attached hydrogens (tertiary/aromatic N) is 1. The van der Waals surface area contributed by atoms with Crippen molar-refractivity contribution in [2.24, 2.45) is 0 Å². The van der Waals surface area contributed by atoms with Gasteiger partial charge in [-0.25, -0.2) is 4.79 Å². The Kier molecular flexibility index (Phi) is 7.25. The molecule has 1 aromatic carbocycles. The summed E-state index contributed by atoms with van der Waals surface area (Å²) in [6.45, 7) is 7.75. The fourth-order valence-corrected chi connectivity index (χ4v) is 3.30. The summed E-state index contributed by atoms with van der Waals surface area (Å²) in [4.78, 5) is 26.0. The molecule has 2 unspecified atom stereocenters. The van der Waals surface area contributed by atoms with Crippen molar-refractivity contribution in [1.82, 2.24) is 10.2 Å². The van der Waals surface area contributed by atoms with Crippen LogP contribution < -0.4 is 10.1 Å². The maximum atomic E-state index is 12.7. The van der Waals surface area contributed by atoms with Crippen molar-refractivity contribution in [3.63, 3.8) is 0 Å². The molecule has 0 aromatic heterocycles. The molecule has 1 aromatic rings. The first kappa shape index (κ1) is 21.2. The van der Waals surface area contributed by atoms with Gasteiger partial charge in [-0.2, -0.15) is 0 Å². The van der Waals surface area contributed by atoms with E-state index in [2.05, 4.69) is 12.2 Å². The minimum atomic E-state index is -0.943. The minimum absolute atomic E-state index is 0.0224. The molecular formula is C21H32N2O4. The summed E-state index contributed by atoms with van der Waals surface area (Å²) < 4.78 is 5.68. The van der Waals surface area contributed by atoms with E-state index in [0.717, 1.165) is 41.7 Å². The van der Waals surface area contributed by atoms with Gasteiger partial charge in [0.2, 0.25) is 0 Å². The van der Waals surface area contributed by atoms with Crippen LogP contribution in [0, 0.1) is 13.8 Å². The number of aryl methyl sites for hydroxylation is 2. The number of carbonyl (C=O) groups is 2. The van der Waals surface area contributed by atoms with Gasteiger partial charge in [-0.3, -0.25) is 9.69 Å². The molecule has 1 aliphatic rings. The molecule has 2 rings (SSSR count). The highest BCUT2D eigenvalue weighted by Gasteiger charge is 2.47. The first-order valence-corrected chi connectivity index (χ1v) is 9.79. The Bertz CT molecular complexity index is 676. The highest BCUT2D eigenvalue weighted by atomic mass is 16.5. The predicted molar refractivity (Wildman–Crippen MR) is 105 cm³/mol. The quantitative estimate of drug-likeness (QED) is 0.485. The zero-order chi connectivity index (χ0) is 20.0. The molecule has 0 saturated carbocycles. The molecular weight excluding hydrogens is 344 g/mol. The molecule has 6 heteroatoms. The Morgan fingerprint density at radius 1 is 1.22 bits per heavy atom. The monoisotopic (exact) mass is 376 g/mol. The van der Waals surface area contributed by atoms with Gasteiger partial charge in [0.1, 0.15) is 24.0 Å². The van der Waals surface area contributed by atoms with Crippen LogP contribution in [0.15, 0.2) is 18.2 Å². The number of urea groups is 1. The van der Waals surface area contributed by atoms with Crippen LogP contribution in [0.2, 0.25) is 0 Å². The van der Waals surface area contributed by atoms with Gasteiger partial charge < -0.3 is 15.2 Å². The second-order valence-corrected chi connectivity index (χ2v) is 7.72. The molecule has 2 atom stereocenters. The maximum Gasteiger partial charge on any atom is 0.325 e. The Morgan fingerprint density at radius 3 is 2.67 bits per heavy atom. The molecule has 1 heterocycles. The van der Waals surface area contributed by atoms with Crippen LogP contribution in [-0.4, -0.2) is 46.7 Å². The van der Waals surface area contributed by atoms with E-state index in [0.29, 0.717) is 12.2 Å². The standard InChI is InChI=1S/C21H32N2O4/c1-5-6-7-8-11-21(4)19(25)23(20(26)22-21)13-17(24)14-27-18-12-15(2)9-10-16(18)3/h9-10,12,17,24H,5-8,11,13-14H2,1-4H3,(H,22,26). The largest absolute Gasteiger partial charge is 0.491 e. The molecule has 1 aliphatic heterocycles. The van der Waals surface area contributed by atoms with Gasteiger partial charge >= 0.3 is 6.03 Å². The van der Waals surface area contributed by atoms with E-state index in [1.807, 2.05) is 32.0 Å². The van der Waals surface area contributed by atoms with Gasteiger partial charge in [-0.15, -0.1) is 0 Å². The number of ether oxygens (including phenoxy) is 1. The van der Waals surface area contributed by atoms with Gasteiger partial charge in [0.15, 0.2) is 0 Å². The second-order valence-electron chi connectivity index (χ2n) is 7.72. The molecule has 27 heavy (non-hydrogen) atoms. The Labute approximate surface area is 161 Å². The van der Waals surface area contributed by atoms with Crippen LogP contribution in [0.5, 0.6) is 5.75 Å². The maximum absolute atomic E-state index is 12.7. The number of imide groups is 1. The molecule has 0 spiro atoms. The molecule has 0 radical (unpaired) electrons. The lowest BCUT2D eigenvalue weighted by molar-refractivity contribution is -0.132. The van der Waals surface area contributed by atoms with Crippen LogP contribution in [0.3, 0.4) is 0 Å². The average Bonchev–Trinajstić information content (AvgIpc) is 2.83. The van der Waals surface area contributed by atoms with Crippen LogP contribution in [-0.2, 0) is 4.79 Å². The number of rotatable bonds is 10. The highest BCUT2D eigenvalue weighted by molar-refractivity contribution is 6.06. The number of aliphatic hydroxyl groups excluding tert-OH is 1. The van der Waals surface area contributed by atoms with Crippen LogP contribution in [0.1, 0.15) is 57.1 Å². The average molecular weight is 376 g/mol. The normalized spacial score (nSPS) is 20.7. The van der Waals surface area contributed by atoms with Gasteiger partial charge in [0, 0.05) is 0 Å². The number of benzene rings is 1. The first-order chi connectivity index (χ1) is 12.8. The molecule has 6 nitrogen and oxygen atoms in total. The van der Waals surface area contributed by atoms with Crippen LogP contribution in [0.4, 0.5) is 4.79 Å². The molecule has 2 N–H and O–H groups in total. The molecule has 1 fully saturated rings. The van der Waals surface area contributed by atoms with Gasteiger partial charge in [-0.1, -0.05) is 44.7 Å². The highest BCUT2D eigenvalue weighted by Crippen LogP contribution is 2.24. The molecule has 1 saturated heterocycles. The minimum Gasteiger partial charge on any atom is -0.491 e. The number of carbonyl (C=O) groups excluding carboxylic acids is 2. The summed E-state index contributed by atoms with van der Waals surface area (Å²) in [5.41, 5.74) is 1.17. The molecule has 150 valence electrons. The number of amides is 3. The summed E-state index contributed by atoms with van der Waals surface area (Å²) in [5, 5.41) is 13.1. The summed E-state index contributed by atoms with van der Waals surface area (Å²) in [6.07, 6.45) is 3.85. The van der Waals surface area contributed by atoms with E-state index in [-0.39, 0.29) is 19.1 Å². The van der Waals surface area contributed by atoms with Gasteiger partial charge in [0.25, 0.3) is 5.91 Å². The fourth-order valence-electron chi connectivity index (χ4n) is 3.30. The fraction of sp³-hybridized carbons (Fsp3) is 0.619. The zero-order valence-electron chi connectivity index (χ0n) is 16.9. The smallest absolute Gasteiger partial charge is 0.325 e. The van der Waals surface area contributed by atoms with Crippen molar-refractivity contribution < 1.29 is 19.4 Å². The Morgan fingerprint density at radius 2 is 1.96 bits per heavy atom. The van der Waals surface area contributed by atoms with Crippen molar-refractivity contribution in [3.05, 3.63) is 29.3 Å². The van der Waals surface area contributed by atoms with E-state index < -0.39 is 17.7 Å². The Balaban J connectivity index is 1.89. The number of hydrogen-bond acceptors (Lipinski definition) is 4. The van der Waals surface area contributed by atoms with Crippen molar-refractivity contribution >= 4 is 11.9 Å². The van der Waals surface area contributed by atoms with E-state index in [1.54, 1.807) is 6.92 Å². The lowest BCUT2D eigenvalue weighted by atomic mass is 9.94. The van der Waals surface area contributed by atoms with Crippen molar-refractivity contribution in [2.45, 2.75) is 71.4 Å². The van der Waals surface area contributed by atoms with Crippen molar-refractivity contribution in [1.29, 1.82) is 0 Å². The third kappa shape index (κ3) is 5.45. The van der Waals surface area contributed by atoms with E-state index in [1.165, 1.54) is 0 Å². The number of hydrogen-bond donors (Lipinski definition) is 2. The molecule has 0 aliphatic carbocycles. The molecule has 3 amide bonds. The second kappa shape index (κ2) is 9.22. The molecule has 0 bridgehead atoms. The SMILES string of the molecule is CCCCCCC1(C)NC(=O)N(CC(O)COc2cc(C)ccc2C)C1=O. The number of unbranched alkanes of at least 4 members (excludes halogenated alkanes) is 3. The van der Waals surface area contributed by atoms with Gasteiger partial charge in [0.05, 0.1) is 6.54 Å². The van der Waals surface area contributed by atoms with E-state index in [9.17, 15) is 14.7 Å². The third-order valence-corrected chi connectivity index (χ3v) is 5.04. The van der Waals surface area contributed by atoms with Crippen LogP contribution in [0.25, 0.3) is 0 Å². The summed E-state index contributed by atoms with van der Waals surface area (Å²) in [7, 11) is 0. The van der Waals surface area contributed by atoms with Crippen molar-refractivity contribution in [3.8, 4) is 5.75 Å². The van der Waals surface area contributed by atoms with Gasteiger partial charge in [-0.05, 0) is 44.4 Å². The number of β-amino-alcohol motifs (C(OH)–C–C–N with tert-alkyl or cyclic N) is 1. The van der Waals surface area contributed by atoms with E-state index >= 15 is 0 Å². The van der Waals surface area contributed by atoms with E-state index in [4.69, 9.17) is 4.74 Å². The first-order valence-electron chi connectivity index (χ1n) is 9.79. The lowest BCUT2D eigenvalue weighted by Crippen LogP contribution is -2.45. The lowest BCUT2D eigenvalue weighted by Gasteiger charge is -2.22. The summed E-state index contributed by atoms with van der Waals surface area (Å²) in [6, 6.07) is 5.42. The number of aliphatic hydroxyl groups is 1. The Hall–Kier alpha value is -2.08. The zero-order valence-corrected chi connectivity index (χ0v) is 16.9. The topological polar surface area (TPSA) is 78.9 Å². The third-order valence-electron chi connectivity index (χ3n) is 5.04.